The number of anilines is 1. The van der Waals surface area contributed by atoms with E-state index < -0.39 is 0 Å². The second kappa shape index (κ2) is 8.84. The summed E-state index contributed by atoms with van der Waals surface area (Å²) in [6, 6.07) is 31.1. The predicted molar refractivity (Wildman–Crippen MR) is 152 cm³/mol. The van der Waals surface area contributed by atoms with Crippen LogP contribution in [-0.2, 0) is 11.3 Å². The van der Waals surface area contributed by atoms with Crippen LogP contribution >= 0.6 is 24.0 Å². The van der Waals surface area contributed by atoms with Gasteiger partial charge in [-0.15, -0.1) is 0 Å². The summed E-state index contributed by atoms with van der Waals surface area (Å²) in [6.07, 6.45) is 4.13. The van der Waals surface area contributed by atoms with Crippen LogP contribution in [0.5, 0.6) is 0 Å². The molecule has 6 rings (SSSR count). The van der Waals surface area contributed by atoms with E-state index in [1.165, 1.54) is 28.1 Å². The van der Waals surface area contributed by atoms with E-state index >= 15 is 0 Å². The minimum Gasteiger partial charge on any atom is -0.342 e. The monoisotopic (exact) mass is 490 g/mol. The molecule has 170 valence electrons. The van der Waals surface area contributed by atoms with Crippen LogP contribution in [0.2, 0.25) is 0 Å². The molecule has 1 amide bonds. The molecule has 0 bridgehead atoms. The number of para-hydroxylation sites is 2. The van der Waals surface area contributed by atoms with Crippen molar-refractivity contribution in [1.29, 1.82) is 0 Å². The highest BCUT2D eigenvalue weighted by Crippen LogP contribution is 2.38. The fourth-order valence-electron chi connectivity index (χ4n) is 4.77. The lowest BCUT2D eigenvalue weighted by atomic mass is 10.0. The molecule has 0 saturated carbocycles. The van der Waals surface area contributed by atoms with Crippen LogP contribution in [-0.4, -0.2) is 14.8 Å². The summed E-state index contributed by atoms with van der Waals surface area (Å²) in [5.41, 5.74) is 5.29. The molecule has 35 heavy (non-hydrogen) atoms. The van der Waals surface area contributed by atoms with Crippen molar-refractivity contribution in [2.24, 2.45) is 0 Å². The summed E-state index contributed by atoms with van der Waals surface area (Å²) in [6.45, 7) is 2.75. The lowest BCUT2D eigenvalue weighted by molar-refractivity contribution is -0.113. The molecule has 0 atom stereocenters. The number of hydrogen-bond donors (Lipinski definition) is 0. The Morgan fingerprint density at radius 3 is 2.43 bits per heavy atom. The van der Waals surface area contributed by atoms with Crippen LogP contribution in [0.15, 0.2) is 102 Å². The molecule has 5 heteroatoms. The van der Waals surface area contributed by atoms with Gasteiger partial charge in [-0.1, -0.05) is 103 Å². The molecular weight excluding hydrogens is 468 g/mol. The third-order valence-corrected chi connectivity index (χ3v) is 7.78. The first-order chi connectivity index (χ1) is 17.1. The van der Waals surface area contributed by atoms with Crippen LogP contribution in [0.25, 0.3) is 27.8 Å². The molecule has 0 N–H and O–H groups in total. The van der Waals surface area contributed by atoms with Gasteiger partial charge < -0.3 is 4.57 Å². The van der Waals surface area contributed by atoms with Crippen LogP contribution in [0.3, 0.4) is 0 Å². The van der Waals surface area contributed by atoms with Gasteiger partial charge in [0.2, 0.25) is 0 Å². The fourth-order valence-corrected chi connectivity index (χ4v) is 6.04. The van der Waals surface area contributed by atoms with Crippen molar-refractivity contribution in [3.63, 3.8) is 0 Å². The summed E-state index contributed by atoms with van der Waals surface area (Å²) in [7, 11) is 0. The molecule has 1 aliphatic rings. The normalized spacial score (nSPS) is 15.1. The zero-order valence-electron chi connectivity index (χ0n) is 19.1. The van der Waals surface area contributed by atoms with Gasteiger partial charge in [-0.2, -0.15) is 0 Å². The maximum Gasteiger partial charge on any atom is 0.270 e. The first-order valence-corrected chi connectivity index (χ1v) is 12.7. The highest BCUT2D eigenvalue weighted by Gasteiger charge is 2.34. The fraction of sp³-hybridized carbons (Fsp3) is 0.0667. The van der Waals surface area contributed by atoms with Crippen molar-refractivity contribution in [2.75, 3.05) is 4.90 Å². The van der Waals surface area contributed by atoms with Crippen LogP contribution < -0.4 is 4.90 Å². The number of thiocarbonyl (C=S) groups is 1. The van der Waals surface area contributed by atoms with Gasteiger partial charge in [-0.25, -0.2) is 0 Å². The molecule has 1 aromatic heterocycles. The molecule has 0 spiro atoms. The largest absolute Gasteiger partial charge is 0.342 e. The molecule has 0 radical (unpaired) electrons. The average molecular weight is 491 g/mol. The Bertz CT molecular complexity index is 1660. The zero-order chi connectivity index (χ0) is 23.9. The number of amides is 1. The molecule has 1 fully saturated rings. The number of aromatic nitrogens is 1. The van der Waals surface area contributed by atoms with E-state index in [2.05, 4.69) is 71.4 Å². The second-order valence-corrected chi connectivity index (χ2v) is 10.3. The summed E-state index contributed by atoms with van der Waals surface area (Å²) in [5, 5.41) is 3.61. The Labute approximate surface area is 213 Å². The highest BCUT2D eigenvalue weighted by molar-refractivity contribution is 8.27. The molecule has 1 saturated heterocycles. The van der Waals surface area contributed by atoms with Crippen LogP contribution in [0.1, 0.15) is 16.7 Å². The molecule has 2 heterocycles. The molecule has 0 unspecified atom stereocenters. The molecule has 1 aliphatic heterocycles. The van der Waals surface area contributed by atoms with E-state index in [0.717, 1.165) is 34.3 Å². The third-order valence-electron chi connectivity index (χ3n) is 6.48. The standard InChI is InChI=1S/C30H22N2OS2/c1-20-9-2-6-15-26(20)32-29(33)28(35-30(32)34)17-23-19-31(27-16-7-5-14-25(23)27)18-22-12-8-11-21-10-3-4-13-24(21)22/h2-17,19H,18H2,1H3/b28-17+. The van der Waals surface area contributed by atoms with Crippen molar-refractivity contribution in [1.82, 2.24) is 4.57 Å². The van der Waals surface area contributed by atoms with Gasteiger partial charge in [0.1, 0.15) is 0 Å². The maximum absolute atomic E-state index is 13.4. The number of fused-ring (bicyclic) bond motifs is 2. The van der Waals surface area contributed by atoms with Crippen molar-refractivity contribution in [3.8, 4) is 0 Å². The summed E-state index contributed by atoms with van der Waals surface area (Å²) < 4.78 is 2.83. The number of carbonyl (C=O) groups is 1. The molecule has 0 aliphatic carbocycles. The van der Waals surface area contributed by atoms with Gasteiger partial charge in [-0.3, -0.25) is 9.69 Å². The minimum absolute atomic E-state index is 0.0693. The predicted octanol–water partition coefficient (Wildman–Crippen LogP) is 7.56. The number of thioether (sulfide) groups is 1. The van der Waals surface area contributed by atoms with Crippen molar-refractivity contribution < 1.29 is 4.79 Å². The van der Waals surface area contributed by atoms with E-state index in [9.17, 15) is 4.79 Å². The van der Waals surface area contributed by atoms with E-state index in [0.29, 0.717) is 9.23 Å². The summed E-state index contributed by atoms with van der Waals surface area (Å²) in [5.74, 6) is -0.0693. The SMILES string of the molecule is Cc1ccccc1N1C(=O)/C(=C\c2cn(Cc3cccc4ccccc34)c3ccccc23)SC1=S. The van der Waals surface area contributed by atoms with Gasteiger partial charge in [0, 0.05) is 29.2 Å². The van der Waals surface area contributed by atoms with E-state index in [4.69, 9.17) is 12.2 Å². The Morgan fingerprint density at radius 2 is 1.57 bits per heavy atom. The number of carbonyl (C=O) groups excluding carboxylic acids is 1. The summed E-state index contributed by atoms with van der Waals surface area (Å²) >= 11 is 6.97. The molecule has 4 aromatic carbocycles. The third kappa shape index (κ3) is 3.87. The number of hydrogen-bond acceptors (Lipinski definition) is 3. The van der Waals surface area contributed by atoms with Crippen molar-refractivity contribution in [3.05, 3.63) is 119 Å². The van der Waals surface area contributed by atoms with E-state index in [1.807, 2.05) is 43.3 Å². The summed E-state index contributed by atoms with van der Waals surface area (Å²) in [4.78, 5) is 15.7. The van der Waals surface area contributed by atoms with Crippen LogP contribution in [0.4, 0.5) is 5.69 Å². The van der Waals surface area contributed by atoms with Crippen molar-refractivity contribution >= 4 is 67.6 Å². The number of benzene rings is 4. The topological polar surface area (TPSA) is 25.2 Å². The minimum atomic E-state index is -0.0693. The second-order valence-electron chi connectivity index (χ2n) is 8.67. The zero-order valence-corrected chi connectivity index (χ0v) is 20.8. The lowest BCUT2D eigenvalue weighted by Crippen LogP contribution is -2.28. The Morgan fingerprint density at radius 1 is 0.857 bits per heavy atom. The first kappa shape index (κ1) is 21.8. The highest BCUT2D eigenvalue weighted by atomic mass is 32.2. The first-order valence-electron chi connectivity index (χ1n) is 11.5. The number of rotatable bonds is 4. The quantitative estimate of drug-likeness (QED) is 0.192. The van der Waals surface area contributed by atoms with Gasteiger partial charge >= 0.3 is 0 Å². The Hall–Kier alpha value is -3.67. The van der Waals surface area contributed by atoms with Gasteiger partial charge in [0.05, 0.1) is 10.6 Å². The number of nitrogens with zero attached hydrogens (tertiary/aromatic N) is 2. The van der Waals surface area contributed by atoms with E-state index in [1.54, 1.807) is 4.90 Å². The van der Waals surface area contributed by atoms with E-state index in [-0.39, 0.29) is 5.91 Å². The average Bonchev–Trinajstić information content (AvgIpc) is 3.36. The molecule has 5 aromatic rings. The number of aryl methyl sites for hydroxylation is 1. The van der Waals surface area contributed by atoms with Gasteiger partial charge in [-0.05, 0) is 47.0 Å². The Balaban J connectivity index is 1.41. The maximum atomic E-state index is 13.4. The van der Waals surface area contributed by atoms with Gasteiger partial charge in [0.15, 0.2) is 4.32 Å². The molecular formula is C30H22N2OS2. The van der Waals surface area contributed by atoms with Crippen molar-refractivity contribution in [2.45, 2.75) is 13.5 Å². The molecule has 3 nitrogen and oxygen atoms in total. The Kier molecular flexibility index (Phi) is 5.51. The smallest absolute Gasteiger partial charge is 0.270 e. The van der Waals surface area contributed by atoms with Gasteiger partial charge in [0.25, 0.3) is 5.91 Å². The lowest BCUT2D eigenvalue weighted by Gasteiger charge is -2.16. The van der Waals surface area contributed by atoms with Crippen LogP contribution in [0, 0.1) is 6.92 Å².